The van der Waals surface area contributed by atoms with Crippen molar-refractivity contribution in [2.45, 2.75) is 86.3 Å². The summed E-state index contributed by atoms with van der Waals surface area (Å²) in [6.07, 6.45) is 9.44. The topological polar surface area (TPSA) is 177 Å². The van der Waals surface area contributed by atoms with Crippen LogP contribution in [0.15, 0.2) is 54.6 Å². The second-order valence-electron chi connectivity index (χ2n) is 13.6. The first-order valence-electron chi connectivity index (χ1n) is 16.2. The second kappa shape index (κ2) is 14.2. The Balaban J connectivity index is 0.000000162. The third-order valence-electron chi connectivity index (χ3n) is 11.2. The number of nitrogens with zero attached hydrogens (tertiary/aromatic N) is 2. The van der Waals surface area contributed by atoms with Crippen LogP contribution in [-0.2, 0) is 31.8 Å². The van der Waals surface area contributed by atoms with E-state index in [0.29, 0.717) is 29.8 Å². The number of carbonyl (C=O) groups is 1. The molecule has 1 spiro atoms. The van der Waals surface area contributed by atoms with E-state index in [0.717, 1.165) is 37.8 Å². The molecule has 3 unspecified atom stereocenters. The predicted octanol–water partition coefficient (Wildman–Crippen LogP) is 2.90. The quantitative estimate of drug-likeness (QED) is 0.179. The number of piperidine rings is 2. The molecule has 3 saturated heterocycles. The number of hydrogen-bond acceptors (Lipinski definition) is 10. The molecule has 8 rings (SSSR count). The number of rotatable bonds is 4. The molecule has 0 aromatic heterocycles. The normalized spacial score (nSPS) is 33.0. The number of likely N-dealkylation sites (tertiary alicyclic amines) is 1. The Morgan fingerprint density at radius 2 is 1.71 bits per heavy atom. The molecule has 0 amide bonds. The lowest BCUT2D eigenvalue weighted by Gasteiger charge is -2.56. The molecule has 2 aliphatic carbocycles. The first-order chi connectivity index (χ1) is 22.3. The number of aromatic hydroxyl groups is 1. The van der Waals surface area contributed by atoms with Gasteiger partial charge in [-0.25, -0.2) is 0 Å². The summed E-state index contributed by atoms with van der Waals surface area (Å²) in [6.45, 7) is 0.804. The van der Waals surface area contributed by atoms with Crippen LogP contribution in [0.3, 0.4) is 0 Å². The van der Waals surface area contributed by atoms with Crippen LogP contribution in [0, 0.1) is 5.92 Å². The lowest BCUT2D eigenvalue weighted by molar-refractivity contribution is -0.155. The molecule has 0 saturated carbocycles. The third-order valence-corrected chi connectivity index (χ3v) is 11.2. The van der Waals surface area contributed by atoms with E-state index in [-0.39, 0.29) is 48.4 Å². The fourth-order valence-corrected chi connectivity index (χ4v) is 8.94. The highest BCUT2D eigenvalue weighted by atomic mass is 35.5. The standard InChI is InChI=1S/C17H19NO3.C17H23NO3.ClH.H2O4S/c1-18-7-6-17-10-3-5-13(20)16(17)21-15-12(19)4-2-9(14(15)17)8-11(10)18;1-18-13-7-8-14(18)10-15(9-13)21-17(20)16(11-19)12-5-3-2-4-6-12;;1-5(2,3)4/h2-5,10-11,13,16,19-20H,6-8H2,1H3;2-6,13-16,19H,7-11H2,1H3;1H;(H2,1,2,3,4)/t10-,11+,13-,16-,17-;;;/m0.../s1. The Hall–Kier alpha value is -2.75. The summed E-state index contributed by atoms with van der Waals surface area (Å²) < 4.78 is 43.4. The first kappa shape index (κ1) is 36.5. The minimum Gasteiger partial charge on any atom is -0.504 e. The number of carbonyl (C=O) groups excluding carboxylic acids is 1. The first-order valence-corrected chi connectivity index (χ1v) is 17.6. The average molecular weight is 709 g/mol. The molecule has 3 fully saturated rings. The number of ether oxygens (including phenoxy) is 2. The molecule has 14 heteroatoms. The fourth-order valence-electron chi connectivity index (χ4n) is 8.94. The Morgan fingerprint density at radius 1 is 1.06 bits per heavy atom. The molecule has 4 bridgehead atoms. The number of likely N-dealkylation sites (N-methyl/N-ethyl adjacent to an activating group) is 1. The molecule has 2 aromatic carbocycles. The summed E-state index contributed by atoms with van der Waals surface area (Å²) in [5.74, 6) is 0.329. The molecule has 4 heterocycles. The van der Waals surface area contributed by atoms with Gasteiger partial charge in [-0.1, -0.05) is 48.6 Å². The summed E-state index contributed by atoms with van der Waals surface area (Å²) in [5, 5.41) is 30.2. The predicted molar refractivity (Wildman–Crippen MR) is 179 cm³/mol. The summed E-state index contributed by atoms with van der Waals surface area (Å²) in [5.41, 5.74) is 3.11. The number of phenolic OH excluding ortho intramolecular Hbond substituents is 1. The lowest BCUT2D eigenvalue weighted by Crippen LogP contribution is -2.64. The molecule has 48 heavy (non-hydrogen) atoms. The number of phenols is 1. The van der Waals surface area contributed by atoms with Crippen LogP contribution in [-0.4, -0.2) is 112 Å². The maximum Gasteiger partial charge on any atom is 0.394 e. The zero-order chi connectivity index (χ0) is 33.7. The number of aliphatic hydroxyl groups is 2. The molecular formula is C34H45ClN2O10S. The minimum atomic E-state index is -4.67. The summed E-state index contributed by atoms with van der Waals surface area (Å²) in [4.78, 5) is 17.2. The van der Waals surface area contributed by atoms with Gasteiger partial charge in [0.15, 0.2) is 11.5 Å². The summed E-state index contributed by atoms with van der Waals surface area (Å²) in [6, 6.07) is 14.7. The highest BCUT2D eigenvalue weighted by Gasteiger charge is 2.64. The number of esters is 1. The van der Waals surface area contributed by atoms with Gasteiger partial charge in [0.2, 0.25) is 0 Å². The van der Waals surface area contributed by atoms with Gasteiger partial charge in [-0.2, -0.15) is 8.42 Å². The zero-order valence-electron chi connectivity index (χ0n) is 27.0. The van der Waals surface area contributed by atoms with Gasteiger partial charge in [0.05, 0.1) is 6.61 Å². The van der Waals surface area contributed by atoms with E-state index in [1.54, 1.807) is 6.07 Å². The van der Waals surface area contributed by atoms with Crippen molar-refractivity contribution >= 4 is 28.8 Å². The van der Waals surface area contributed by atoms with Gasteiger partial charge in [-0.05, 0) is 76.4 Å². The molecule has 8 atom stereocenters. The molecule has 6 aliphatic rings. The Kier molecular flexibility index (Phi) is 10.8. The highest BCUT2D eigenvalue weighted by molar-refractivity contribution is 7.79. The van der Waals surface area contributed by atoms with Gasteiger partial charge in [0, 0.05) is 35.0 Å². The van der Waals surface area contributed by atoms with Gasteiger partial charge in [-0.3, -0.25) is 13.9 Å². The molecule has 0 radical (unpaired) electrons. The van der Waals surface area contributed by atoms with Gasteiger partial charge in [-0.15, -0.1) is 12.4 Å². The third kappa shape index (κ3) is 6.84. The monoisotopic (exact) mass is 708 g/mol. The zero-order valence-corrected chi connectivity index (χ0v) is 28.6. The Labute approximate surface area is 287 Å². The van der Waals surface area contributed by atoms with Gasteiger partial charge in [0.1, 0.15) is 24.2 Å². The van der Waals surface area contributed by atoms with Gasteiger partial charge < -0.3 is 34.6 Å². The summed E-state index contributed by atoms with van der Waals surface area (Å²) >= 11 is 0. The Morgan fingerprint density at radius 3 is 2.33 bits per heavy atom. The van der Waals surface area contributed by atoms with Crippen LogP contribution in [0.4, 0.5) is 0 Å². The van der Waals surface area contributed by atoms with E-state index in [1.807, 2.05) is 42.5 Å². The van der Waals surface area contributed by atoms with Crippen molar-refractivity contribution in [2.24, 2.45) is 5.92 Å². The SMILES string of the molecule is CN1C2CCC1CC(OC(=O)C(CO)c1ccccc1)C2.CN1CC[C@]23c4c5ccc(O)c4O[C@H]2[C@@H](O)C=C[C@H]3[C@H]1C5.Cl.O=S(=O)(O)O. The van der Waals surface area contributed by atoms with E-state index >= 15 is 0 Å². The average Bonchev–Trinajstić information content (AvgIpc) is 3.46. The van der Waals surface area contributed by atoms with Crippen LogP contribution >= 0.6 is 12.4 Å². The van der Waals surface area contributed by atoms with Crippen molar-refractivity contribution in [1.29, 1.82) is 0 Å². The molecular weight excluding hydrogens is 664 g/mol. The number of fused-ring (bicyclic) bond motifs is 2. The Bertz CT molecular complexity index is 1590. The van der Waals surface area contributed by atoms with Gasteiger partial charge >= 0.3 is 16.4 Å². The van der Waals surface area contributed by atoms with Crippen molar-refractivity contribution in [2.75, 3.05) is 27.2 Å². The molecule has 4 aliphatic heterocycles. The van der Waals surface area contributed by atoms with Crippen LogP contribution in [0.5, 0.6) is 11.5 Å². The number of aliphatic hydroxyl groups excluding tert-OH is 2. The fraction of sp³-hybridized carbons (Fsp3) is 0.559. The van der Waals surface area contributed by atoms with Crippen molar-refractivity contribution in [3.8, 4) is 11.5 Å². The van der Waals surface area contributed by atoms with E-state index in [1.165, 1.54) is 24.0 Å². The highest BCUT2D eigenvalue weighted by Crippen LogP contribution is 2.62. The number of hydrogen-bond donors (Lipinski definition) is 5. The van der Waals surface area contributed by atoms with Crippen LogP contribution in [0.25, 0.3) is 0 Å². The largest absolute Gasteiger partial charge is 0.504 e. The van der Waals surface area contributed by atoms with Gasteiger partial charge in [0.25, 0.3) is 0 Å². The van der Waals surface area contributed by atoms with E-state index in [9.17, 15) is 20.1 Å². The molecule has 5 N–H and O–H groups in total. The van der Waals surface area contributed by atoms with Crippen LogP contribution < -0.4 is 4.74 Å². The van der Waals surface area contributed by atoms with E-state index in [4.69, 9.17) is 27.0 Å². The maximum atomic E-state index is 12.4. The second-order valence-corrected chi connectivity index (χ2v) is 14.5. The smallest absolute Gasteiger partial charge is 0.394 e. The van der Waals surface area contributed by atoms with Crippen LogP contribution in [0.1, 0.15) is 54.7 Å². The van der Waals surface area contributed by atoms with Crippen LogP contribution in [0.2, 0.25) is 0 Å². The van der Waals surface area contributed by atoms with E-state index in [2.05, 4.69) is 30.0 Å². The molecule has 264 valence electrons. The van der Waals surface area contributed by atoms with E-state index < -0.39 is 22.4 Å². The molecule has 2 aromatic rings. The summed E-state index contributed by atoms with van der Waals surface area (Å²) in [7, 11) is -0.311. The van der Waals surface area contributed by atoms with Crippen molar-refractivity contribution in [3.63, 3.8) is 0 Å². The van der Waals surface area contributed by atoms with Crippen molar-refractivity contribution in [1.82, 2.24) is 9.80 Å². The maximum absolute atomic E-state index is 12.4. The van der Waals surface area contributed by atoms with Crippen molar-refractivity contribution in [3.05, 3.63) is 71.3 Å². The minimum absolute atomic E-state index is 0. The van der Waals surface area contributed by atoms with Crippen molar-refractivity contribution < 1.29 is 47.1 Å². The lowest BCUT2D eigenvalue weighted by atomic mass is 9.53. The number of benzene rings is 2. The number of halogens is 1. The molecule has 12 nitrogen and oxygen atoms in total.